The Bertz CT molecular complexity index is 266. The molecule has 0 aliphatic carbocycles. The van der Waals surface area contributed by atoms with Crippen molar-refractivity contribution >= 4 is 21.8 Å². The molecule has 78 valence electrons. The Morgan fingerprint density at radius 2 is 2.15 bits per heavy atom. The van der Waals surface area contributed by atoms with E-state index in [9.17, 15) is 8.42 Å². The van der Waals surface area contributed by atoms with E-state index in [1.165, 1.54) is 8.61 Å². The van der Waals surface area contributed by atoms with Crippen molar-refractivity contribution in [3.63, 3.8) is 0 Å². The van der Waals surface area contributed by atoms with Crippen molar-refractivity contribution < 1.29 is 8.42 Å². The third-order valence-corrected chi connectivity index (χ3v) is 4.61. The zero-order valence-electron chi connectivity index (χ0n) is 7.90. The Balaban J connectivity index is 2.82. The van der Waals surface area contributed by atoms with Crippen LogP contribution in [0.5, 0.6) is 0 Å². The van der Waals surface area contributed by atoms with Crippen LogP contribution in [0.2, 0.25) is 0 Å². The quantitative estimate of drug-likeness (QED) is 0.658. The Labute approximate surface area is 84.6 Å². The summed E-state index contributed by atoms with van der Waals surface area (Å²) in [6.07, 6.45) is 1.78. The van der Waals surface area contributed by atoms with Crippen LogP contribution in [-0.4, -0.2) is 49.6 Å². The zero-order valence-corrected chi connectivity index (χ0v) is 9.48. The molecule has 0 aromatic carbocycles. The Morgan fingerprint density at radius 3 is 2.62 bits per heavy atom. The van der Waals surface area contributed by atoms with Crippen molar-refractivity contribution in [1.82, 2.24) is 8.61 Å². The van der Waals surface area contributed by atoms with Crippen LogP contribution >= 0.6 is 11.6 Å². The van der Waals surface area contributed by atoms with E-state index in [2.05, 4.69) is 0 Å². The largest absolute Gasteiger partial charge is 0.281 e. The van der Waals surface area contributed by atoms with Crippen LogP contribution in [0.1, 0.15) is 12.8 Å². The molecular formula is C7H15ClN2O2S. The van der Waals surface area contributed by atoms with Gasteiger partial charge in [-0.05, 0) is 12.8 Å². The molecule has 0 N–H and O–H groups in total. The number of hydrogen-bond donors (Lipinski definition) is 0. The summed E-state index contributed by atoms with van der Waals surface area (Å²) in [4.78, 5) is 0. The highest BCUT2D eigenvalue weighted by molar-refractivity contribution is 7.86. The van der Waals surface area contributed by atoms with Crippen molar-refractivity contribution in [2.75, 3.05) is 26.5 Å². The van der Waals surface area contributed by atoms with Crippen LogP contribution in [0, 0.1) is 0 Å². The fourth-order valence-electron chi connectivity index (χ4n) is 1.48. The molecule has 0 unspecified atom stereocenters. The van der Waals surface area contributed by atoms with Gasteiger partial charge in [0.05, 0.1) is 0 Å². The maximum Gasteiger partial charge on any atom is 0.281 e. The first kappa shape index (κ1) is 11.2. The second-order valence-electron chi connectivity index (χ2n) is 3.35. The Hall–Kier alpha value is 0.160. The molecule has 13 heavy (non-hydrogen) atoms. The van der Waals surface area contributed by atoms with E-state index in [1.54, 1.807) is 14.1 Å². The molecule has 0 bridgehead atoms. The van der Waals surface area contributed by atoms with E-state index in [1.807, 2.05) is 0 Å². The van der Waals surface area contributed by atoms with E-state index in [-0.39, 0.29) is 6.04 Å². The molecule has 1 rings (SSSR count). The van der Waals surface area contributed by atoms with E-state index >= 15 is 0 Å². The number of halogens is 1. The SMILES string of the molecule is CN(C)S(=O)(=O)N1CCC[C@H]1CCl. The molecular weight excluding hydrogens is 212 g/mol. The normalized spacial score (nSPS) is 25.7. The highest BCUT2D eigenvalue weighted by atomic mass is 35.5. The van der Waals surface area contributed by atoms with Gasteiger partial charge in [0.15, 0.2) is 0 Å². The van der Waals surface area contributed by atoms with Crippen LogP contribution in [0.25, 0.3) is 0 Å². The average molecular weight is 227 g/mol. The van der Waals surface area contributed by atoms with E-state index in [4.69, 9.17) is 11.6 Å². The van der Waals surface area contributed by atoms with Crippen molar-refractivity contribution in [3.8, 4) is 0 Å². The predicted octanol–water partition coefficient (Wildman–Crippen LogP) is 0.496. The predicted molar refractivity (Wildman–Crippen MR) is 53.1 cm³/mol. The van der Waals surface area contributed by atoms with Crippen molar-refractivity contribution in [2.45, 2.75) is 18.9 Å². The molecule has 0 aromatic heterocycles. The smallest absolute Gasteiger partial charge is 0.195 e. The van der Waals surface area contributed by atoms with Gasteiger partial charge in [-0.2, -0.15) is 17.0 Å². The summed E-state index contributed by atoms with van der Waals surface area (Å²) in [5, 5.41) is 0. The van der Waals surface area contributed by atoms with Crippen LogP contribution in [0.3, 0.4) is 0 Å². The number of alkyl halides is 1. The summed E-state index contributed by atoms with van der Waals surface area (Å²) in [7, 11) is -0.174. The second-order valence-corrected chi connectivity index (χ2v) is 5.75. The van der Waals surface area contributed by atoms with Gasteiger partial charge in [0.1, 0.15) is 0 Å². The monoisotopic (exact) mass is 226 g/mol. The molecule has 1 heterocycles. The molecule has 1 saturated heterocycles. The fraction of sp³-hybridized carbons (Fsp3) is 1.00. The summed E-state index contributed by atoms with van der Waals surface area (Å²) < 4.78 is 26.1. The van der Waals surface area contributed by atoms with Gasteiger partial charge in [-0.3, -0.25) is 0 Å². The van der Waals surface area contributed by atoms with Gasteiger partial charge in [-0.1, -0.05) is 0 Å². The van der Waals surface area contributed by atoms with Gasteiger partial charge in [-0.25, -0.2) is 0 Å². The molecule has 1 fully saturated rings. The van der Waals surface area contributed by atoms with Gasteiger partial charge in [-0.15, -0.1) is 11.6 Å². The van der Waals surface area contributed by atoms with Gasteiger partial charge >= 0.3 is 0 Å². The van der Waals surface area contributed by atoms with E-state index in [0.717, 1.165) is 12.8 Å². The van der Waals surface area contributed by atoms with Gasteiger partial charge < -0.3 is 0 Å². The molecule has 1 atom stereocenters. The van der Waals surface area contributed by atoms with Crippen molar-refractivity contribution in [1.29, 1.82) is 0 Å². The molecule has 1 aliphatic rings. The zero-order chi connectivity index (χ0) is 10.1. The number of hydrogen-bond acceptors (Lipinski definition) is 2. The highest BCUT2D eigenvalue weighted by Gasteiger charge is 2.34. The fourth-order valence-corrected chi connectivity index (χ4v) is 3.22. The summed E-state index contributed by atoms with van der Waals surface area (Å²) >= 11 is 5.69. The summed E-state index contributed by atoms with van der Waals surface area (Å²) in [5.74, 6) is 0.382. The lowest BCUT2D eigenvalue weighted by Gasteiger charge is -2.25. The van der Waals surface area contributed by atoms with Gasteiger partial charge in [0, 0.05) is 32.6 Å². The standard InChI is InChI=1S/C7H15ClN2O2S/c1-9(2)13(11,12)10-5-3-4-7(10)6-8/h7H,3-6H2,1-2H3/t7-/m0/s1. The van der Waals surface area contributed by atoms with E-state index in [0.29, 0.717) is 12.4 Å². The molecule has 0 spiro atoms. The molecule has 6 heteroatoms. The lowest BCUT2D eigenvalue weighted by Crippen LogP contribution is -2.43. The molecule has 0 radical (unpaired) electrons. The minimum atomic E-state index is -3.26. The van der Waals surface area contributed by atoms with Crippen molar-refractivity contribution in [3.05, 3.63) is 0 Å². The first-order valence-corrected chi connectivity index (χ1v) is 6.18. The molecule has 0 aromatic rings. The van der Waals surface area contributed by atoms with Crippen LogP contribution in [-0.2, 0) is 10.2 Å². The van der Waals surface area contributed by atoms with E-state index < -0.39 is 10.2 Å². The third-order valence-electron chi connectivity index (χ3n) is 2.26. The Kier molecular flexibility index (Phi) is 3.57. The lowest BCUT2D eigenvalue weighted by atomic mass is 10.3. The first-order valence-electron chi connectivity index (χ1n) is 4.25. The topological polar surface area (TPSA) is 40.6 Å². The number of nitrogens with zero attached hydrogens (tertiary/aromatic N) is 2. The van der Waals surface area contributed by atoms with Gasteiger partial charge in [0.25, 0.3) is 10.2 Å². The third kappa shape index (κ3) is 2.15. The number of rotatable bonds is 3. The maximum absolute atomic E-state index is 11.7. The Morgan fingerprint density at radius 1 is 1.54 bits per heavy atom. The first-order chi connectivity index (χ1) is 6.00. The minimum Gasteiger partial charge on any atom is -0.195 e. The summed E-state index contributed by atoms with van der Waals surface area (Å²) in [6, 6.07) is -0.0194. The average Bonchev–Trinajstić information content (AvgIpc) is 2.51. The van der Waals surface area contributed by atoms with Crippen LogP contribution in [0.4, 0.5) is 0 Å². The molecule has 1 aliphatic heterocycles. The van der Waals surface area contributed by atoms with Gasteiger partial charge in [0.2, 0.25) is 0 Å². The molecule has 4 nitrogen and oxygen atoms in total. The summed E-state index contributed by atoms with van der Waals surface area (Å²) in [5.41, 5.74) is 0. The molecule has 0 amide bonds. The van der Waals surface area contributed by atoms with Crippen LogP contribution in [0.15, 0.2) is 0 Å². The minimum absolute atomic E-state index is 0.0194. The van der Waals surface area contributed by atoms with Crippen molar-refractivity contribution in [2.24, 2.45) is 0 Å². The molecule has 0 saturated carbocycles. The van der Waals surface area contributed by atoms with Crippen LogP contribution < -0.4 is 0 Å². The summed E-state index contributed by atoms with van der Waals surface area (Å²) in [6.45, 7) is 0.595. The lowest BCUT2D eigenvalue weighted by molar-refractivity contribution is 0.374. The second kappa shape index (κ2) is 4.13. The highest BCUT2D eigenvalue weighted by Crippen LogP contribution is 2.22. The maximum atomic E-state index is 11.7.